The second-order valence-electron chi connectivity index (χ2n) is 3.75. The van der Waals surface area contributed by atoms with Crippen LogP contribution < -0.4 is 10.5 Å². The number of hydrogen-bond donors (Lipinski definition) is 2. The standard InChI is InChI=1S/C10H12BrN5O2S/c11-9-2-1-8(12)7-10(9)19(17,18)14-4-6-16-5-3-13-15-16/h1-3,5,7,14H,4,6,12H2. The van der Waals surface area contributed by atoms with Crippen molar-refractivity contribution in [2.24, 2.45) is 0 Å². The molecule has 102 valence electrons. The predicted molar refractivity (Wildman–Crippen MR) is 73.8 cm³/mol. The van der Waals surface area contributed by atoms with Crippen LogP contribution in [0.1, 0.15) is 0 Å². The number of sulfonamides is 1. The van der Waals surface area contributed by atoms with Crippen molar-refractivity contribution >= 4 is 31.6 Å². The summed E-state index contributed by atoms with van der Waals surface area (Å²) in [5.41, 5.74) is 5.98. The van der Waals surface area contributed by atoms with Gasteiger partial charge in [-0.2, -0.15) is 0 Å². The van der Waals surface area contributed by atoms with E-state index >= 15 is 0 Å². The first kappa shape index (κ1) is 14.0. The Labute approximate surface area is 119 Å². The van der Waals surface area contributed by atoms with Crippen LogP contribution in [0.25, 0.3) is 0 Å². The van der Waals surface area contributed by atoms with Gasteiger partial charge in [-0.3, -0.25) is 4.68 Å². The van der Waals surface area contributed by atoms with Crippen molar-refractivity contribution in [3.63, 3.8) is 0 Å². The molecule has 0 unspecified atom stereocenters. The largest absolute Gasteiger partial charge is 0.399 e. The minimum Gasteiger partial charge on any atom is -0.399 e. The summed E-state index contributed by atoms with van der Waals surface area (Å²) >= 11 is 3.19. The first-order valence-electron chi connectivity index (χ1n) is 5.38. The van der Waals surface area contributed by atoms with Gasteiger partial charge in [0.05, 0.1) is 17.6 Å². The highest BCUT2D eigenvalue weighted by Gasteiger charge is 2.17. The van der Waals surface area contributed by atoms with Crippen molar-refractivity contribution in [2.45, 2.75) is 11.4 Å². The number of benzene rings is 1. The lowest BCUT2D eigenvalue weighted by atomic mass is 10.3. The SMILES string of the molecule is Nc1ccc(Br)c(S(=O)(=O)NCCn2ccnn2)c1. The molecule has 19 heavy (non-hydrogen) atoms. The summed E-state index contributed by atoms with van der Waals surface area (Å²) < 4.78 is 28.7. The molecule has 2 rings (SSSR count). The average Bonchev–Trinajstić information content (AvgIpc) is 2.85. The molecule has 0 aliphatic heterocycles. The monoisotopic (exact) mass is 345 g/mol. The van der Waals surface area contributed by atoms with Crippen molar-refractivity contribution < 1.29 is 8.42 Å². The van der Waals surface area contributed by atoms with Gasteiger partial charge in [-0.25, -0.2) is 13.1 Å². The molecule has 0 spiro atoms. The van der Waals surface area contributed by atoms with Gasteiger partial charge in [-0.1, -0.05) is 5.21 Å². The van der Waals surface area contributed by atoms with E-state index in [0.29, 0.717) is 16.7 Å². The van der Waals surface area contributed by atoms with Gasteiger partial charge >= 0.3 is 0 Å². The molecule has 0 fully saturated rings. The predicted octanol–water partition coefficient (Wildman–Crippen LogP) is 0.601. The summed E-state index contributed by atoms with van der Waals surface area (Å²) in [5.74, 6) is 0. The zero-order chi connectivity index (χ0) is 13.9. The lowest BCUT2D eigenvalue weighted by Crippen LogP contribution is -2.28. The fourth-order valence-electron chi connectivity index (χ4n) is 1.45. The highest BCUT2D eigenvalue weighted by Crippen LogP contribution is 2.23. The smallest absolute Gasteiger partial charge is 0.241 e. The zero-order valence-electron chi connectivity index (χ0n) is 9.82. The molecular weight excluding hydrogens is 334 g/mol. The van der Waals surface area contributed by atoms with E-state index in [1.807, 2.05) is 0 Å². The summed E-state index contributed by atoms with van der Waals surface area (Å²) in [4.78, 5) is 0.117. The lowest BCUT2D eigenvalue weighted by molar-refractivity contribution is 0.552. The number of nitrogens with two attached hydrogens (primary N) is 1. The fraction of sp³-hybridized carbons (Fsp3) is 0.200. The number of nitrogens with zero attached hydrogens (tertiary/aromatic N) is 3. The molecule has 0 aliphatic rings. The summed E-state index contributed by atoms with van der Waals surface area (Å²) in [6.07, 6.45) is 3.19. The summed E-state index contributed by atoms with van der Waals surface area (Å²) in [6.45, 7) is 0.617. The summed E-state index contributed by atoms with van der Waals surface area (Å²) in [5, 5.41) is 7.38. The molecule has 0 amide bonds. The lowest BCUT2D eigenvalue weighted by Gasteiger charge is -2.09. The van der Waals surface area contributed by atoms with Crippen molar-refractivity contribution in [3.8, 4) is 0 Å². The third kappa shape index (κ3) is 3.52. The summed E-state index contributed by atoms with van der Waals surface area (Å²) in [7, 11) is -3.61. The number of anilines is 1. The minimum atomic E-state index is -3.61. The maximum Gasteiger partial charge on any atom is 0.241 e. The molecular formula is C10H12BrN5O2S. The number of aromatic nitrogens is 3. The van der Waals surface area contributed by atoms with E-state index < -0.39 is 10.0 Å². The van der Waals surface area contributed by atoms with Crippen LogP contribution in [-0.2, 0) is 16.6 Å². The molecule has 7 nitrogen and oxygen atoms in total. The van der Waals surface area contributed by atoms with Gasteiger partial charge in [0.1, 0.15) is 0 Å². The molecule has 0 aliphatic carbocycles. The Morgan fingerprint density at radius 3 is 2.89 bits per heavy atom. The average molecular weight is 346 g/mol. The molecule has 9 heteroatoms. The molecule has 1 heterocycles. The number of nitrogen functional groups attached to an aromatic ring is 1. The Kier molecular flexibility index (Phi) is 4.17. The van der Waals surface area contributed by atoms with Crippen LogP contribution in [0, 0.1) is 0 Å². The molecule has 0 saturated carbocycles. The van der Waals surface area contributed by atoms with E-state index in [2.05, 4.69) is 31.0 Å². The Morgan fingerprint density at radius 1 is 1.42 bits per heavy atom. The van der Waals surface area contributed by atoms with Crippen LogP contribution in [0.3, 0.4) is 0 Å². The van der Waals surface area contributed by atoms with E-state index in [4.69, 9.17) is 5.73 Å². The number of hydrogen-bond acceptors (Lipinski definition) is 5. The maximum atomic E-state index is 12.1. The Morgan fingerprint density at radius 2 is 2.21 bits per heavy atom. The van der Waals surface area contributed by atoms with E-state index in [0.717, 1.165) is 0 Å². The molecule has 1 aromatic carbocycles. The van der Waals surface area contributed by atoms with E-state index in [9.17, 15) is 8.42 Å². The van der Waals surface area contributed by atoms with E-state index in [1.165, 1.54) is 16.9 Å². The molecule has 1 aromatic heterocycles. The molecule has 0 radical (unpaired) electrons. The van der Waals surface area contributed by atoms with Gasteiger partial charge in [0, 0.05) is 22.9 Å². The minimum absolute atomic E-state index is 0.117. The maximum absolute atomic E-state index is 12.1. The highest BCUT2D eigenvalue weighted by molar-refractivity contribution is 9.10. The molecule has 2 aromatic rings. The second kappa shape index (κ2) is 5.68. The van der Waals surface area contributed by atoms with Crippen LogP contribution in [0.15, 0.2) is 40.0 Å². The Bertz CT molecular complexity index is 657. The van der Waals surface area contributed by atoms with E-state index in [1.54, 1.807) is 18.3 Å². The van der Waals surface area contributed by atoms with Crippen LogP contribution in [-0.4, -0.2) is 30.0 Å². The van der Waals surface area contributed by atoms with Gasteiger partial charge < -0.3 is 5.73 Å². The topological polar surface area (TPSA) is 103 Å². The van der Waals surface area contributed by atoms with Crippen molar-refractivity contribution in [1.29, 1.82) is 0 Å². The van der Waals surface area contributed by atoms with Gasteiger partial charge in [0.25, 0.3) is 0 Å². The molecule has 3 N–H and O–H groups in total. The first-order valence-corrected chi connectivity index (χ1v) is 7.65. The highest BCUT2D eigenvalue weighted by atomic mass is 79.9. The molecule has 0 bridgehead atoms. The van der Waals surface area contributed by atoms with Gasteiger partial charge in [0.15, 0.2) is 0 Å². The van der Waals surface area contributed by atoms with Gasteiger partial charge in [-0.05, 0) is 34.1 Å². The Balaban J connectivity index is 2.07. The second-order valence-corrected chi connectivity index (χ2v) is 6.34. The van der Waals surface area contributed by atoms with Crippen LogP contribution in [0.2, 0.25) is 0 Å². The first-order chi connectivity index (χ1) is 8.99. The van der Waals surface area contributed by atoms with Crippen LogP contribution in [0.4, 0.5) is 5.69 Å². The number of nitrogens with one attached hydrogen (secondary N) is 1. The third-order valence-corrected chi connectivity index (χ3v) is 4.80. The zero-order valence-corrected chi connectivity index (χ0v) is 12.2. The normalized spacial score (nSPS) is 11.6. The van der Waals surface area contributed by atoms with Crippen LogP contribution in [0.5, 0.6) is 0 Å². The van der Waals surface area contributed by atoms with E-state index in [-0.39, 0.29) is 11.4 Å². The third-order valence-electron chi connectivity index (χ3n) is 2.35. The van der Waals surface area contributed by atoms with Crippen LogP contribution >= 0.6 is 15.9 Å². The Hall–Kier alpha value is -1.45. The fourth-order valence-corrected chi connectivity index (χ4v) is 3.47. The molecule has 0 atom stereocenters. The van der Waals surface area contributed by atoms with Crippen molar-refractivity contribution in [3.05, 3.63) is 35.1 Å². The number of rotatable bonds is 5. The summed E-state index contributed by atoms with van der Waals surface area (Å²) in [6, 6.07) is 4.63. The van der Waals surface area contributed by atoms with Gasteiger partial charge in [0.2, 0.25) is 10.0 Å². The van der Waals surface area contributed by atoms with Crippen molar-refractivity contribution in [1.82, 2.24) is 19.7 Å². The molecule has 0 saturated heterocycles. The number of halogens is 1. The van der Waals surface area contributed by atoms with Gasteiger partial charge in [-0.15, -0.1) is 5.10 Å². The quantitative estimate of drug-likeness (QED) is 0.772. The van der Waals surface area contributed by atoms with Crippen molar-refractivity contribution in [2.75, 3.05) is 12.3 Å².